The van der Waals surface area contributed by atoms with Crippen LogP contribution in [-0.2, 0) is 23.7 Å². The van der Waals surface area contributed by atoms with Crippen LogP contribution < -0.4 is 0 Å². The van der Waals surface area contributed by atoms with Crippen LogP contribution in [0.4, 0.5) is 0 Å². The summed E-state index contributed by atoms with van der Waals surface area (Å²) in [5.41, 5.74) is 24.3. The average molecular weight is 837 g/mol. The highest BCUT2D eigenvalue weighted by molar-refractivity contribution is 6.05. The molecule has 308 valence electrons. The first kappa shape index (κ1) is 37.3. The van der Waals surface area contributed by atoms with Crippen molar-refractivity contribution in [2.75, 3.05) is 0 Å². The fourth-order valence-corrected chi connectivity index (χ4v) is 12.8. The van der Waals surface area contributed by atoms with Gasteiger partial charge < -0.3 is 0 Å². The number of hydrogen-bond donors (Lipinski definition) is 0. The Labute approximate surface area is 386 Å². The third-order valence-corrected chi connectivity index (χ3v) is 15.5. The summed E-state index contributed by atoms with van der Waals surface area (Å²) in [6, 6.07) is 83.1. The molecule has 0 unspecified atom stereocenters. The highest BCUT2D eigenvalue weighted by Crippen LogP contribution is 2.70. The van der Waals surface area contributed by atoms with Crippen LogP contribution in [0.15, 0.2) is 218 Å². The normalized spacial score (nSPS) is 15.0. The van der Waals surface area contributed by atoms with E-state index in [1.54, 1.807) is 0 Å². The van der Waals surface area contributed by atoms with Crippen molar-refractivity contribution < 1.29 is 0 Å². The Morgan fingerprint density at radius 1 is 0.227 bits per heavy atom. The predicted octanol–water partition coefficient (Wildman–Crippen LogP) is 16.3. The molecule has 0 heterocycles. The van der Waals surface area contributed by atoms with Gasteiger partial charge in [-0.25, -0.2) is 0 Å². The van der Waals surface area contributed by atoms with Crippen LogP contribution in [0.25, 0.3) is 79.6 Å². The molecule has 0 aliphatic heterocycles. The first-order chi connectivity index (χ1) is 32.7. The Morgan fingerprint density at radius 3 is 0.788 bits per heavy atom. The molecular weight excluding hydrogens is 793 g/mol. The van der Waals surface area contributed by atoms with E-state index in [1.165, 1.54) is 122 Å². The molecule has 4 aliphatic rings. The molecule has 10 aromatic rings. The molecule has 4 aliphatic carbocycles. The van der Waals surface area contributed by atoms with Gasteiger partial charge in [0.2, 0.25) is 0 Å². The SMILES string of the molecule is C1=Cc2cc(-c3ccccc3)ccc2C2(c3ccc(-c4ccccc4)cc31)c1ccc3c4c(ccc(c14)C21c2ccc(-c4ccccc4)cc2C=Cc2cc(-c4ccccc4)ccc21)CC3. The molecule has 0 bridgehead atoms. The van der Waals surface area contributed by atoms with E-state index in [4.69, 9.17) is 0 Å². The Kier molecular flexibility index (Phi) is 8.04. The Balaban J connectivity index is 1.19. The summed E-state index contributed by atoms with van der Waals surface area (Å²) in [5.74, 6) is 0. The fraction of sp³-hybridized carbons (Fsp3) is 0.0606. The molecule has 0 nitrogen and oxygen atoms in total. The van der Waals surface area contributed by atoms with Gasteiger partial charge in [0.25, 0.3) is 0 Å². The number of aryl methyl sites for hydroxylation is 2. The van der Waals surface area contributed by atoms with Crippen LogP contribution in [-0.4, -0.2) is 0 Å². The van der Waals surface area contributed by atoms with Crippen molar-refractivity contribution in [3.8, 4) is 44.5 Å². The van der Waals surface area contributed by atoms with Crippen molar-refractivity contribution in [2.45, 2.75) is 23.7 Å². The maximum Gasteiger partial charge on any atom is 0.0647 e. The Bertz CT molecular complexity index is 3240. The fourth-order valence-electron chi connectivity index (χ4n) is 12.8. The largest absolute Gasteiger partial charge is 0.0647 e. The molecule has 2 spiro atoms. The minimum absolute atomic E-state index is 0.717. The first-order valence-electron chi connectivity index (χ1n) is 23.4. The maximum atomic E-state index is 2.55. The molecule has 0 saturated carbocycles. The zero-order valence-electron chi connectivity index (χ0n) is 36.5. The smallest absolute Gasteiger partial charge is 0.0622 e. The lowest BCUT2D eigenvalue weighted by atomic mass is 9.49. The van der Waals surface area contributed by atoms with Gasteiger partial charge in [0.15, 0.2) is 0 Å². The van der Waals surface area contributed by atoms with Crippen LogP contribution in [0.5, 0.6) is 0 Å². The summed E-state index contributed by atoms with van der Waals surface area (Å²) >= 11 is 0. The molecule has 14 rings (SSSR count). The minimum Gasteiger partial charge on any atom is -0.0622 e. The summed E-state index contributed by atoms with van der Waals surface area (Å²) in [6.07, 6.45) is 11.8. The van der Waals surface area contributed by atoms with Crippen molar-refractivity contribution in [3.05, 3.63) is 285 Å². The predicted molar refractivity (Wildman–Crippen MR) is 276 cm³/mol. The van der Waals surface area contributed by atoms with Gasteiger partial charge in [0, 0.05) is 0 Å². The molecule has 0 saturated heterocycles. The maximum absolute atomic E-state index is 2.55. The molecule has 0 amide bonds. The topological polar surface area (TPSA) is 0 Å². The van der Waals surface area contributed by atoms with Crippen molar-refractivity contribution in [1.29, 1.82) is 0 Å². The highest BCUT2D eigenvalue weighted by Gasteiger charge is 2.65. The van der Waals surface area contributed by atoms with Crippen molar-refractivity contribution >= 4 is 35.1 Å². The lowest BCUT2D eigenvalue weighted by Crippen LogP contribution is -2.50. The number of fused-ring (bicyclic) bond motifs is 11. The lowest BCUT2D eigenvalue weighted by molar-refractivity contribution is 0.441. The summed E-state index contributed by atoms with van der Waals surface area (Å²) < 4.78 is 0. The first-order valence-corrected chi connectivity index (χ1v) is 23.4. The second-order valence-electron chi connectivity index (χ2n) is 18.6. The van der Waals surface area contributed by atoms with Crippen molar-refractivity contribution in [3.63, 3.8) is 0 Å². The summed E-state index contributed by atoms with van der Waals surface area (Å²) in [4.78, 5) is 0. The third kappa shape index (κ3) is 5.10. The molecule has 0 radical (unpaired) electrons. The van der Waals surface area contributed by atoms with Gasteiger partial charge in [0.1, 0.15) is 0 Å². The average Bonchev–Trinajstić information content (AvgIpc) is 3.83. The van der Waals surface area contributed by atoms with E-state index in [9.17, 15) is 0 Å². The Morgan fingerprint density at radius 2 is 0.500 bits per heavy atom. The van der Waals surface area contributed by atoms with Crippen LogP contribution >= 0.6 is 0 Å². The van der Waals surface area contributed by atoms with Crippen LogP contribution in [0.1, 0.15) is 66.8 Å². The van der Waals surface area contributed by atoms with Crippen molar-refractivity contribution in [1.82, 2.24) is 0 Å². The molecule has 0 heteroatoms. The Hall–Kier alpha value is -8.06. The molecule has 66 heavy (non-hydrogen) atoms. The summed E-state index contributed by atoms with van der Waals surface area (Å²) in [6.45, 7) is 0. The highest BCUT2D eigenvalue weighted by atomic mass is 14.6. The van der Waals surface area contributed by atoms with E-state index >= 15 is 0 Å². The van der Waals surface area contributed by atoms with Gasteiger partial charge >= 0.3 is 0 Å². The van der Waals surface area contributed by atoms with Gasteiger partial charge in [-0.2, -0.15) is 0 Å². The standard InChI is InChI=1S/C66H44/c1-5-13-43(14-6-1)49-29-33-57-53(39-49)23-24-54-40-50(44-15-7-2-8-16-44)30-34-58(54)65(57)61-37-27-47-21-22-48-28-38-62(64(61)63(47)48)66(65)59-35-31-51(45-17-9-3-10-18-45)41-55(59)25-26-56-42-52(32-36-60(56)66)46-19-11-4-12-20-46/h1-20,23-42H,21-22H2. The van der Waals surface area contributed by atoms with Crippen LogP contribution in [0.3, 0.4) is 0 Å². The molecule has 0 N–H and O–H groups in total. The molecule has 0 aromatic heterocycles. The van der Waals surface area contributed by atoms with Crippen molar-refractivity contribution in [2.24, 2.45) is 0 Å². The second kappa shape index (κ2) is 14.2. The summed E-state index contributed by atoms with van der Waals surface area (Å²) in [7, 11) is 0. The van der Waals surface area contributed by atoms with E-state index < -0.39 is 10.8 Å². The summed E-state index contributed by atoms with van der Waals surface area (Å²) in [5, 5.41) is 2.89. The van der Waals surface area contributed by atoms with E-state index in [0.717, 1.165) is 12.8 Å². The van der Waals surface area contributed by atoms with Crippen LogP contribution in [0.2, 0.25) is 0 Å². The zero-order chi connectivity index (χ0) is 43.4. The second-order valence-corrected chi connectivity index (χ2v) is 18.6. The quantitative estimate of drug-likeness (QED) is 0.166. The van der Waals surface area contributed by atoms with Gasteiger partial charge in [-0.05, 0) is 159 Å². The minimum atomic E-state index is -0.717. The lowest BCUT2D eigenvalue weighted by Gasteiger charge is -2.51. The van der Waals surface area contributed by atoms with Gasteiger partial charge in [-0.15, -0.1) is 0 Å². The van der Waals surface area contributed by atoms with Gasteiger partial charge in [-0.1, -0.05) is 218 Å². The van der Waals surface area contributed by atoms with Gasteiger partial charge in [0.05, 0.1) is 10.8 Å². The molecule has 0 atom stereocenters. The molecule has 10 aromatic carbocycles. The third-order valence-electron chi connectivity index (χ3n) is 15.5. The number of hydrogen-bond acceptors (Lipinski definition) is 0. The van der Waals surface area contributed by atoms with E-state index in [0.29, 0.717) is 0 Å². The van der Waals surface area contributed by atoms with Crippen LogP contribution in [0, 0.1) is 0 Å². The molecular formula is C66H44. The van der Waals surface area contributed by atoms with E-state index in [2.05, 4.69) is 243 Å². The number of rotatable bonds is 4. The zero-order valence-corrected chi connectivity index (χ0v) is 36.5. The monoisotopic (exact) mass is 836 g/mol. The molecule has 0 fully saturated rings. The van der Waals surface area contributed by atoms with E-state index in [1.807, 2.05) is 0 Å². The van der Waals surface area contributed by atoms with Gasteiger partial charge in [-0.3, -0.25) is 0 Å². The van der Waals surface area contributed by atoms with E-state index in [-0.39, 0.29) is 0 Å². The number of benzene rings is 10.